The third-order valence-electron chi connectivity index (χ3n) is 4.80. The second-order valence-corrected chi connectivity index (χ2v) is 7.59. The van der Waals surface area contributed by atoms with Crippen molar-refractivity contribution in [3.05, 3.63) is 65.2 Å². The van der Waals surface area contributed by atoms with Gasteiger partial charge >= 0.3 is 0 Å². The van der Waals surface area contributed by atoms with E-state index in [2.05, 4.69) is 17.1 Å². The van der Waals surface area contributed by atoms with Gasteiger partial charge in [0.2, 0.25) is 0 Å². The summed E-state index contributed by atoms with van der Waals surface area (Å²) in [5.74, 6) is 1.25. The lowest BCUT2D eigenvalue weighted by Gasteiger charge is -2.21. The average molecular weight is 394 g/mol. The molecule has 1 aliphatic rings. The lowest BCUT2D eigenvalue weighted by atomic mass is 10.2. The van der Waals surface area contributed by atoms with E-state index in [0.717, 1.165) is 29.0 Å². The van der Waals surface area contributed by atoms with E-state index in [-0.39, 0.29) is 5.91 Å². The lowest BCUT2D eigenvalue weighted by Crippen LogP contribution is -2.32. The van der Waals surface area contributed by atoms with Gasteiger partial charge in [-0.05, 0) is 30.5 Å². The van der Waals surface area contributed by atoms with Crippen LogP contribution in [0.5, 0.6) is 11.5 Å². The molecule has 6 heteroatoms. The van der Waals surface area contributed by atoms with Crippen LogP contribution in [0.2, 0.25) is 0 Å². The maximum atomic E-state index is 13.2. The van der Waals surface area contributed by atoms with Gasteiger partial charge in [0.25, 0.3) is 5.91 Å². The highest BCUT2D eigenvalue weighted by Gasteiger charge is 2.34. The monoisotopic (exact) mass is 394 g/mol. The van der Waals surface area contributed by atoms with Crippen molar-refractivity contribution in [1.29, 1.82) is 0 Å². The number of methoxy groups -OCH3 is 2. The van der Waals surface area contributed by atoms with Crippen molar-refractivity contribution >= 4 is 17.2 Å². The predicted octanol–water partition coefficient (Wildman–Crippen LogP) is 4.63. The van der Waals surface area contributed by atoms with Crippen LogP contribution >= 0.6 is 11.3 Å². The first-order valence-electron chi connectivity index (χ1n) is 9.23. The van der Waals surface area contributed by atoms with E-state index in [9.17, 15) is 4.79 Å². The molecule has 28 heavy (non-hydrogen) atoms. The Morgan fingerprint density at radius 1 is 1.11 bits per heavy atom. The van der Waals surface area contributed by atoms with Crippen LogP contribution in [0.4, 0.5) is 0 Å². The maximum Gasteiger partial charge on any atom is 0.273 e. The molecule has 3 aromatic rings. The molecule has 0 saturated heterocycles. The number of benzene rings is 2. The first-order chi connectivity index (χ1) is 13.7. The van der Waals surface area contributed by atoms with E-state index < -0.39 is 0 Å². The van der Waals surface area contributed by atoms with Gasteiger partial charge in [0.05, 0.1) is 19.8 Å². The Hall–Kier alpha value is -2.86. The molecule has 1 saturated carbocycles. The second-order valence-electron chi connectivity index (χ2n) is 6.73. The summed E-state index contributed by atoms with van der Waals surface area (Å²) in [5.41, 5.74) is 2.44. The number of amides is 1. The fourth-order valence-corrected chi connectivity index (χ4v) is 4.05. The van der Waals surface area contributed by atoms with Crippen molar-refractivity contribution in [3.8, 4) is 22.1 Å². The fourth-order valence-electron chi connectivity index (χ4n) is 3.23. The topological polar surface area (TPSA) is 51.7 Å². The predicted molar refractivity (Wildman–Crippen MR) is 110 cm³/mol. The largest absolute Gasteiger partial charge is 0.493 e. The van der Waals surface area contributed by atoms with Gasteiger partial charge in [0, 0.05) is 18.0 Å². The minimum atomic E-state index is -0.0179. The number of carbonyl (C=O) groups is 1. The normalized spacial score (nSPS) is 13.2. The number of carbonyl (C=O) groups excluding carboxylic acids is 1. The van der Waals surface area contributed by atoms with Gasteiger partial charge < -0.3 is 14.4 Å². The lowest BCUT2D eigenvalue weighted by molar-refractivity contribution is 0.0725. The van der Waals surface area contributed by atoms with E-state index in [0.29, 0.717) is 29.8 Å². The smallest absolute Gasteiger partial charge is 0.273 e. The maximum absolute atomic E-state index is 13.2. The number of aromatic nitrogens is 1. The summed E-state index contributed by atoms with van der Waals surface area (Å²) in [6.07, 6.45) is 2.11. The van der Waals surface area contributed by atoms with Crippen molar-refractivity contribution in [1.82, 2.24) is 9.88 Å². The molecule has 0 spiro atoms. The van der Waals surface area contributed by atoms with Crippen LogP contribution in [0, 0.1) is 0 Å². The summed E-state index contributed by atoms with van der Waals surface area (Å²) < 4.78 is 10.9. The molecule has 0 N–H and O–H groups in total. The summed E-state index contributed by atoms with van der Waals surface area (Å²) >= 11 is 1.44. The number of ether oxygens (including phenoxy) is 2. The number of rotatable bonds is 7. The van der Waals surface area contributed by atoms with Crippen LogP contribution in [0.25, 0.3) is 10.6 Å². The van der Waals surface area contributed by atoms with Crippen molar-refractivity contribution in [2.45, 2.75) is 25.4 Å². The molecule has 4 rings (SSSR count). The van der Waals surface area contributed by atoms with E-state index in [1.165, 1.54) is 11.3 Å². The zero-order valence-corrected chi connectivity index (χ0v) is 16.7. The van der Waals surface area contributed by atoms with Crippen molar-refractivity contribution in [3.63, 3.8) is 0 Å². The molecule has 0 atom stereocenters. The van der Waals surface area contributed by atoms with Crippen LogP contribution in [-0.2, 0) is 6.54 Å². The Balaban J connectivity index is 1.61. The van der Waals surface area contributed by atoms with Gasteiger partial charge in [-0.3, -0.25) is 4.79 Å². The van der Waals surface area contributed by atoms with Gasteiger partial charge in [-0.25, -0.2) is 4.98 Å². The van der Waals surface area contributed by atoms with Crippen LogP contribution in [-0.4, -0.2) is 36.1 Å². The molecule has 1 amide bonds. The molecule has 144 valence electrons. The summed E-state index contributed by atoms with van der Waals surface area (Å²) in [6, 6.07) is 16.1. The number of para-hydroxylation sites is 1. The Labute approximate surface area is 168 Å². The summed E-state index contributed by atoms with van der Waals surface area (Å²) in [5, 5.41) is 2.58. The zero-order valence-electron chi connectivity index (χ0n) is 15.9. The quantitative estimate of drug-likeness (QED) is 0.586. The standard InChI is InChI=1S/C22H22N2O3S/c1-26-19-10-6-9-17(20(19)27-2)21-23-18(14-28-21)22(25)24(16-11-12-16)13-15-7-4-3-5-8-15/h3-10,14,16H,11-13H2,1-2H3. The first kappa shape index (κ1) is 18.5. The molecule has 5 nitrogen and oxygen atoms in total. The van der Waals surface area contributed by atoms with Gasteiger partial charge in [-0.15, -0.1) is 11.3 Å². The number of nitrogens with zero attached hydrogens (tertiary/aromatic N) is 2. The number of thiazole rings is 1. The van der Waals surface area contributed by atoms with Crippen LogP contribution < -0.4 is 9.47 Å². The Morgan fingerprint density at radius 2 is 1.89 bits per heavy atom. The van der Waals surface area contributed by atoms with E-state index in [1.54, 1.807) is 14.2 Å². The fraction of sp³-hybridized carbons (Fsp3) is 0.273. The summed E-state index contributed by atoms with van der Waals surface area (Å²) in [6.45, 7) is 0.611. The first-order valence-corrected chi connectivity index (χ1v) is 10.1. The van der Waals surface area contributed by atoms with E-state index >= 15 is 0 Å². The van der Waals surface area contributed by atoms with Crippen molar-refractivity contribution in [2.75, 3.05) is 14.2 Å². The summed E-state index contributed by atoms with van der Waals surface area (Å²) in [4.78, 5) is 19.7. The minimum Gasteiger partial charge on any atom is -0.493 e. The summed E-state index contributed by atoms with van der Waals surface area (Å²) in [7, 11) is 3.21. The molecule has 0 radical (unpaired) electrons. The van der Waals surface area contributed by atoms with E-state index in [4.69, 9.17) is 9.47 Å². The van der Waals surface area contributed by atoms with Crippen molar-refractivity contribution < 1.29 is 14.3 Å². The third kappa shape index (κ3) is 3.73. The molecular formula is C22H22N2O3S. The molecule has 0 unspecified atom stereocenters. The molecule has 2 aromatic carbocycles. The molecule has 0 bridgehead atoms. The Bertz CT molecular complexity index is 967. The van der Waals surface area contributed by atoms with Crippen molar-refractivity contribution in [2.24, 2.45) is 0 Å². The highest BCUT2D eigenvalue weighted by atomic mass is 32.1. The molecule has 1 aromatic heterocycles. The highest BCUT2D eigenvalue weighted by molar-refractivity contribution is 7.13. The Morgan fingerprint density at radius 3 is 2.57 bits per heavy atom. The van der Waals surface area contributed by atoms with Gasteiger partial charge in [-0.1, -0.05) is 36.4 Å². The SMILES string of the molecule is COc1cccc(-c2nc(C(=O)N(Cc3ccccc3)C3CC3)cs2)c1OC. The second kappa shape index (κ2) is 8.02. The highest BCUT2D eigenvalue weighted by Crippen LogP contribution is 2.39. The zero-order chi connectivity index (χ0) is 19.5. The Kier molecular flexibility index (Phi) is 5.30. The molecule has 1 fully saturated rings. The average Bonchev–Trinajstić information content (AvgIpc) is 3.47. The van der Waals surface area contributed by atoms with Crippen LogP contribution in [0.1, 0.15) is 28.9 Å². The minimum absolute atomic E-state index is 0.0179. The number of hydrogen-bond acceptors (Lipinski definition) is 5. The van der Waals surface area contributed by atoms with E-state index in [1.807, 2.05) is 46.7 Å². The molecule has 0 aliphatic heterocycles. The van der Waals surface area contributed by atoms with Crippen LogP contribution in [0.15, 0.2) is 53.9 Å². The molecule has 1 heterocycles. The molecular weight excluding hydrogens is 372 g/mol. The van der Waals surface area contributed by atoms with Gasteiger partial charge in [-0.2, -0.15) is 0 Å². The molecule has 1 aliphatic carbocycles. The van der Waals surface area contributed by atoms with Gasteiger partial charge in [0.15, 0.2) is 11.5 Å². The van der Waals surface area contributed by atoms with Gasteiger partial charge in [0.1, 0.15) is 10.7 Å². The number of hydrogen-bond donors (Lipinski definition) is 0. The third-order valence-corrected chi connectivity index (χ3v) is 5.68. The van der Waals surface area contributed by atoms with Crippen LogP contribution in [0.3, 0.4) is 0 Å².